The molecule has 0 amide bonds. The van der Waals surface area contributed by atoms with Crippen LogP contribution in [-0.2, 0) is 12.0 Å². The highest BCUT2D eigenvalue weighted by Gasteiger charge is 2.38. The van der Waals surface area contributed by atoms with E-state index in [-0.39, 0.29) is 11.2 Å². The van der Waals surface area contributed by atoms with Crippen molar-refractivity contribution < 1.29 is 8.91 Å². The van der Waals surface area contributed by atoms with Gasteiger partial charge in [0.05, 0.1) is 5.69 Å². The predicted molar refractivity (Wildman–Crippen MR) is 96.1 cm³/mol. The Hall–Kier alpha value is -2.37. The fraction of sp³-hybridized carbons (Fsp3) is 0.474. The highest BCUT2D eigenvalue weighted by molar-refractivity contribution is 5.79. The Labute approximate surface area is 147 Å². The van der Waals surface area contributed by atoms with Crippen molar-refractivity contribution >= 4 is 5.96 Å². The SMILES string of the molecule is CN=C(NCc1c(C)noc1C)NCC1(c2ccc(F)cc2)CCC1. The van der Waals surface area contributed by atoms with Crippen LogP contribution < -0.4 is 10.6 Å². The average Bonchev–Trinajstić information content (AvgIpc) is 2.89. The van der Waals surface area contributed by atoms with Crippen LogP contribution in [0.1, 0.15) is 41.8 Å². The van der Waals surface area contributed by atoms with Crippen molar-refractivity contribution in [1.82, 2.24) is 15.8 Å². The van der Waals surface area contributed by atoms with Gasteiger partial charge in [0.1, 0.15) is 11.6 Å². The van der Waals surface area contributed by atoms with Crippen LogP contribution in [0.15, 0.2) is 33.8 Å². The molecule has 2 N–H and O–H groups in total. The van der Waals surface area contributed by atoms with Crippen LogP contribution >= 0.6 is 0 Å². The van der Waals surface area contributed by atoms with E-state index >= 15 is 0 Å². The molecule has 1 aromatic carbocycles. The van der Waals surface area contributed by atoms with Gasteiger partial charge in [0.2, 0.25) is 0 Å². The third-order valence-corrected chi connectivity index (χ3v) is 5.20. The highest BCUT2D eigenvalue weighted by atomic mass is 19.1. The van der Waals surface area contributed by atoms with E-state index in [1.165, 1.54) is 12.0 Å². The van der Waals surface area contributed by atoms with E-state index in [4.69, 9.17) is 4.52 Å². The first kappa shape index (κ1) is 17.5. The number of halogens is 1. The Morgan fingerprint density at radius 3 is 2.48 bits per heavy atom. The normalized spacial score (nSPS) is 16.4. The molecule has 0 unspecified atom stereocenters. The van der Waals surface area contributed by atoms with E-state index in [2.05, 4.69) is 20.8 Å². The summed E-state index contributed by atoms with van der Waals surface area (Å²) in [4.78, 5) is 4.30. The number of aliphatic imine (C=N–C) groups is 1. The van der Waals surface area contributed by atoms with Crippen molar-refractivity contribution in [3.63, 3.8) is 0 Å². The van der Waals surface area contributed by atoms with Gasteiger partial charge >= 0.3 is 0 Å². The molecule has 1 aliphatic carbocycles. The largest absolute Gasteiger partial charge is 0.361 e. The minimum absolute atomic E-state index is 0.0638. The summed E-state index contributed by atoms with van der Waals surface area (Å²) in [7, 11) is 1.76. The third-order valence-electron chi connectivity index (χ3n) is 5.20. The zero-order valence-electron chi connectivity index (χ0n) is 15.0. The number of guanidine groups is 1. The van der Waals surface area contributed by atoms with Crippen LogP contribution in [0.25, 0.3) is 0 Å². The molecule has 1 heterocycles. The van der Waals surface area contributed by atoms with Gasteiger partial charge in [-0.1, -0.05) is 23.7 Å². The molecule has 1 aromatic heterocycles. The summed E-state index contributed by atoms with van der Waals surface area (Å²) < 4.78 is 18.4. The van der Waals surface area contributed by atoms with Gasteiger partial charge in [-0.3, -0.25) is 4.99 Å². The summed E-state index contributed by atoms with van der Waals surface area (Å²) in [5.74, 6) is 1.37. The van der Waals surface area contributed by atoms with E-state index < -0.39 is 0 Å². The van der Waals surface area contributed by atoms with E-state index in [9.17, 15) is 4.39 Å². The van der Waals surface area contributed by atoms with Gasteiger partial charge in [-0.05, 0) is 44.4 Å². The van der Waals surface area contributed by atoms with Crippen LogP contribution in [0.2, 0.25) is 0 Å². The van der Waals surface area contributed by atoms with Gasteiger partial charge in [0.25, 0.3) is 0 Å². The van der Waals surface area contributed by atoms with Gasteiger partial charge in [-0.2, -0.15) is 0 Å². The van der Waals surface area contributed by atoms with Gasteiger partial charge in [-0.25, -0.2) is 4.39 Å². The number of nitrogens with one attached hydrogen (secondary N) is 2. The first-order valence-electron chi connectivity index (χ1n) is 8.66. The maximum absolute atomic E-state index is 13.2. The van der Waals surface area contributed by atoms with E-state index in [0.29, 0.717) is 6.54 Å². The summed E-state index contributed by atoms with van der Waals surface area (Å²) in [5, 5.41) is 10.7. The Balaban J connectivity index is 1.61. The van der Waals surface area contributed by atoms with Crippen molar-refractivity contribution in [1.29, 1.82) is 0 Å². The molecule has 0 aliphatic heterocycles. The first-order valence-corrected chi connectivity index (χ1v) is 8.66. The quantitative estimate of drug-likeness (QED) is 0.646. The Kier molecular flexibility index (Phi) is 5.06. The standard InChI is InChI=1S/C19H25FN4O/c1-13-17(14(2)25-24-13)11-22-18(21-3)23-12-19(9-4-10-19)15-5-7-16(20)8-6-15/h5-8H,4,9-12H2,1-3H3,(H2,21,22,23). The molecule has 5 nitrogen and oxygen atoms in total. The molecule has 1 fully saturated rings. The lowest BCUT2D eigenvalue weighted by atomic mass is 9.64. The summed E-state index contributed by atoms with van der Waals surface area (Å²) in [6.07, 6.45) is 3.41. The summed E-state index contributed by atoms with van der Waals surface area (Å²) in [5.41, 5.74) is 3.20. The monoisotopic (exact) mass is 344 g/mol. The maximum Gasteiger partial charge on any atom is 0.191 e. The zero-order chi connectivity index (χ0) is 17.9. The molecular formula is C19H25FN4O. The van der Waals surface area contributed by atoms with E-state index in [1.54, 1.807) is 19.2 Å². The molecule has 0 spiro atoms. The molecule has 1 saturated carbocycles. The number of rotatable bonds is 5. The van der Waals surface area contributed by atoms with Gasteiger partial charge in [-0.15, -0.1) is 0 Å². The second-order valence-corrected chi connectivity index (χ2v) is 6.72. The molecule has 2 aromatic rings. The molecule has 6 heteroatoms. The number of aromatic nitrogens is 1. The Bertz CT molecular complexity index is 728. The topological polar surface area (TPSA) is 62.5 Å². The van der Waals surface area contributed by atoms with Crippen molar-refractivity contribution in [3.8, 4) is 0 Å². The lowest BCUT2D eigenvalue weighted by molar-refractivity contribution is 0.243. The van der Waals surface area contributed by atoms with Crippen LogP contribution in [0.3, 0.4) is 0 Å². The summed E-state index contributed by atoms with van der Waals surface area (Å²) in [6, 6.07) is 6.88. The second-order valence-electron chi connectivity index (χ2n) is 6.72. The molecule has 0 saturated heterocycles. The van der Waals surface area contributed by atoms with Crippen molar-refractivity contribution in [2.24, 2.45) is 4.99 Å². The van der Waals surface area contributed by atoms with Gasteiger partial charge in [0.15, 0.2) is 5.96 Å². The number of hydrogen-bond acceptors (Lipinski definition) is 3. The molecule has 0 radical (unpaired) electrons. The van der Waals surface area contributed by atoms with Gasteiger partial charge in [0, 0.05) is 31.1 Å². The minimum Gasteiger partial charge on any atom is -0.361 e. The molecule has 25 heavy (non-hydrogen) atoms. The predicted octanol–water partition coefficient (Wildman–Crippen LogP) is 3.22. The highest BCUT2D eigenvalue weighted by Crippen LogP contribution is 2.43. The van der Waals surface area contributed by atoms with E-state index in [1.807, 2.05) is 26.0 Å². The molecule has 3 rings (SSSR count). The molecular weight excluding hydrogens is 319 g/mol. The van der Waals surface area contributed by atoms with Crippen LogP contribution in [0, 0.1) is 19.7 Å². The van der Waals surface area contributed by atoms with Crippen molar-refractivity contribution in [3.05, 3.63) is 52.7 Å². The maximum atomic E-state index is 13.2. The minimum atomic E-state index is -0.192. The number of benzene rings is 1. The Morgan fingerprint density at radius 1 is 1.24 bits per heavy atom. The fourth-order valence-corrected chi connectivity index (χ4v) is 3.37. The second kappa shape index (κ2) is 7.25. The van der Waals surface area contributed by atoms with Crippen LogP contribution in [0.4, 0.5) is 4.39 Å². The molecule has 0 atom stereocenters. The lowest BCUT2D eigenvalue weighted by Gasteiger charge is -2.43. The summed E-state index contributed by atoms with van der Waals surface area (Å²) in [6.45, 7) is 5.23. The molecule has 0 bridgehead atoms. The van der Waals surface area contributed by atoms with Crippen molar-refractivity contribution in [2.45, 2.75) is 45.1 Å². The number of aryl methyl sites for hydroxylation is 2. The zero-order valence-corrected chi connectivity index (χ0v) is 15.0. The van der Waals surface area contributed by atoms with Crippen molar-refractivity contribution in [2.75, 3.05) is 13.6 Å². The first-order chi connectivity index (χ1) is 12.0. The summed E-state index contributed by atoms with van der Waals surface area (Å²) >= 11 is 0. The van der Waals surface area contributed by atoms with E-state index in [0.717, 1.165) is 42.4 Å². The average molecular weight is 344 g/mol. The molecule has 134 valence electrons. The number of hydrogen-bond donors (Lipinski definition) is 2. The lowest BCUT2D eigenvalue weighted by Crippen LogP contribution is -2.48. The van der Waals surface area contributed by atoms with Gasteiger partial charge < -0.3 is 15.2 Å². The fourth-order valence-electron chi connectivity index (χ4n) is 3.37. The molecule has 1 aliphatic rings. The number of nitrogens with zero attached hydrogens (tertiary/aromatic N) is 2. The van der Waals surface area contributed by atoms with Crippen LogP contribution in [-0.4, -0.2) is 24.7 Å². The Morgan fingerprint density at radius 2 is 1.96 bits per heavy atom. The third kappa shape index (κ3) is 3.67. The van der Waals surface area contributed by atoms with Crippen LogP contribution in [0.5, 0.6) is 0 Å². The smallest absolute Gasteiger partial charge is 0.191 e.